The predicted octanol–water partition coefficient (Wildman–Crippen LogP) is 4.14. The molecule has 3 atom stereocenters. The van der Waals surface area contributed by atoms with Crippen molar-refractivity contribution in [2.45, 2.75) is 25.2 Å². The van der Waals surface area contributed by atoms with Crippen molar-refractivity contribution in [1.29, 1.82) is 0 Å². The summed E-state index contributed by atoms with van der Waals surface area (Å²) in [6.07, 6.45) is 0.877. The molecule has 3 rings (SSSR count). The lowest BCUT2D eigenvalue weighted by atomic mass is 9.59. The summed E-state index contributed by atoms with van der Waals surface area (Å²) in [5.74, 6) is 0.562. The van der Waals surface area contributed by atoms with Gasteiger partial charge < -0.3 is 4.74 Å². The summed E-state index contributed by atoms with van der Waals surface area (Å²) >= 11 is 0. The fourth-order valence-electron chi connectivity index (χ4n) is 3.33. The highest BCUT2D eigenvalue weighted by Gasteiger charge is 2.47. The first-order valence-corrected chi connectivity index (χ1v) is 7.57. The Kier molecular flexibility index (Phi) is 4.05. The molecular weight excluding hydrogens is 260 g/mol. The SMILES string of the molecule is CCOC(=O)[C@@H]1CC(c2ccccc2)[C@H]1c1ccccc1. The molecular formula is C19H20O2. The van der Waals surface area contributed by atoms with Crippen LogP contribution >= 0.6 is 0 Å². The Balaban J connectivity index is 1.88. The molecule has 0 saturated heterocycles. The fraction of sp³-hybridized carbons (Fsp3) is 0.316. The molecule has 2 nitrogen and oxygen atoms in total. The van der Waals surface area contributed by atoms with Crippen LogP contribution in [0.5, 0.6) is 0 Å². The monoisotopic (exact) mass is 280 g/mol. The van der Waals surface area contributed by atoms with Crippen LogP contribution in [-0.4, -0.2) is 12.6 Å². The molecule has 0 aliphatic heterocycles. The molecule has 0 heterocycles. The van der Waals surface area contributed by atoms with Gasteiger partial charge in [-0.2, -0.15) is 0 Å². The van der Waals surface area contributed by atoms with Gasteiger partial charge in [-0.1, -0.05) is 60.7 Å². The third kappa shape index (κ3) is 2.71. The number of carbonyl (C=O) groups excluding carboxylic acids is 1. The van der Waals surface area contributed by atoms with E-state index < -0.39 is 0 Å². The molecule has 0 aromatic heterocycles. The first-order chi connectivity index (χ1) is 10.3. The van der Waals surface area contributed by atoms with E-state index in [2.05, 4.69) is 36.4 Å². The van der Waals surface area contributed by atoms with Crippen molar-refractivity contribution in [3.05, 3.63) is 71.8 Å². The van der Waals surface area contributed by atoms with Crippen LogP contribution in [0.1, 0.15) is 36.3 Å². The lowest BCUT2D eigenvalue weighted by Crippen LogP contribution is -2.39. The molecule has 1 saturated carbocycles. The third-order valence-corrected chi connectivity index (χ3v) is 4.38. The second-order valence-corrected chi connectivity index (χ2v) is 5.55. The van der Waals surface area contributed by atoms with Crippen LogP contribution in [0.3, 0.4) is 0 Å². The molecule has 21 heavy (non-hydrogen) atoms. The molecule has 2 aromatic rings. The quantitative estimate of drug-likeness (QED) is 0.787. The van der Waals surface area contributed by atoms with Crippen molar-refractivity contribution in [2.75, 3.05) is 6.61 Å². The van der Waals surface area contributed by atoms with E-state index in [4.69, 9.17) is 4.74 Å². The van der Waals surface area contributed by atoms with E-state index in [1.165, 1.54) is 11.1 Å². The van der Waals surface area contributed by atoms with Crippen LogP contribution in [0.25, 0.3) is 0 Å². The standard InChI is InChI=1S/C19H20O2/c1-2-21-19(20)17-13-16(14-9-5-3-6-10-14)18(17)15-11-7-4-8-12-15/h3-12,16-18H,2,13H2,1H3/t16?,17-,18-/m1/s1. The maximum atomic E-state index is 12.2. The van der Waals surface area contributed by atoms with Gasteiger partial charge in [-0.05, 0) is 30.4 Å². The molecule has 0 radical (unpaired) electrons. The van der Waals surface area contributed by atoms with Gasteiger partial charge in [0.1, 0.15) is 0 Å². The van der Waals surface area contributed by atoms with E-state index >= 15 is 0 Å². The van der Waals surface area contributed by atoms with Gasteiger partial charge in [0, 0.05) is 5.92 Å². The van der Waals surface area contributed by atoms with Crippen molar-refractivity contribution >= 4 is 5.97 Å². The Morgan fingerprint density at radius 3 is 2.14 bits per heavy atom. The van der Waals surface area contributed by atoms with E-state index in [1.807, 2.05) is 31.2 Å². The summed E-state index contributed by atoms with van der Waals surface area (Å²) in [6, 6.07) is 20.8. The smallest absolute Gasteiger partial charge is 0.309 e. The summed E-state index contributed by atoms with van der Waals surface area (Å²) < 4.78 is 5.24. The number of esters is 1. The summed E-state index contributed by atoms with van der Waals surface area (Å²) in [7, 11) is 0. The third-order valence-electron chi connectivity index (χ3n) is 4.38. The average Bonchev–Trinajstić information content (AvgIpc) is 2.49. The summed E-state index contributed by atoms with van der Waals surface area (Å²) in [5.41, 5.74) is 2.54. The first kappa shape index (κ1) is 13.9. The Labute approximate surface area is 125 Å². The predicted molar refractivity (Wildman–Crippen MR) is 83.1 cm³/mol. The number of carbonyl (C=O) groups is 1. The molecule has 1 unspecified atom stereocenters. The first-order valence-electron chi connectivity index (χ1n) is 7.57. The molecule has 2 heteroatoms. The summed E-state index contributed by atoms with van der Waals surface area (Å²) in [4.78, 5) is 12.2. The zero-order valence-corrected chi connectivity index (χ0v) is 12.2. The van der Waals surface area contributed by atoms with Crippen LogP contribution < -0.4 is 0 Å². The molecule has 0 amide bonds. The van der Waals surface area contributed by atoms with Crippen LogP contribution in [0.2, 0.25) is 0 Å². The highest BCUT2D eigenvalue weighted by Crippen LogP contribution is 2.53. The molecule has 0 spiro atoms. The molecule has 108 valence electrons. The number of hydrogen-bond donors (Lipinski definition) is 0. The van der Waals surface area contributed by atoms with Crippen molar-refractivity contribution < 1.29 is 9.53 Å². The number of rotatable bonds is 4. The molecule has 2 aromatic carbocycles. The summed E-state index contributed by atoms with van der Waals surface area (Å²) in [6.45, 7) is 2.32. The Hall–Kier alpha value is -2.09. The molecule has 1 aliphatic rings. The highest BCUT2D eigenvalue weighted by molar-refractivity contribution is 5.76. The van der Waals surface area contributed by atoms with Gasteiger partial charge in [0.15, 0.2) is 0 Å². The molecule has 0 N–H and O–H groups in total. The Bertz CT molecular complexity index is 591. The maximum absolute atomic E-state index is 12.2. The molecule has 0 bridgehead atoms. The van der Waals surface area contributed by atoms with Crippen molar-refractivity contribution in [1.82, 2.24) is 0 Å². The van der Waals surface area contributed by atoms with Crippen LogP contribution in [-0.2, 0) is 9.53 Å². The second kappa shape index (κ2) is 6.13. The minimum Gasteiger partial charge on any atom is -0.466 e. The zero-order valence-electron chi connectivity index (χ0n) is 12.2. The molecule has 1 fully saturated rings. The van der Waals surface area contributed by atoms with Gasteiger partial charge in [0.05, 0.1) is 12.5 Å². The van der Waals surface area contributed by atoms with Gasteiger partial charge in [0.2, 0.25) is 0 Å². The largest absolute Gasteiger partial charge is 0.466 e. The minimum atomic E-state index is -0.0569. The maximum Gasteiger partial charge on any atom is 0.309 e. The van der Waals surface area contributed by atoms with E-state index in [1.54, 1.807) is 0 Å². The molecule has 1 aliphatic carbocycles. The normalized spacial score (nSPS) is 24.1. The van der Waals surface area contributed by atoms with Crippen molar-refractivity contribution in [3.63, 3.8) is 0 Å². The van der Waals surface area contributed by atoms with Crippen molar-refractivity contribution in [2.24, 2.45) is 5.92 Å². The van der Waals surface area contributed by atoms with Gasteiger partial charge in [0.25, 0.3) is 0 Å². The van der Waals surface area contributed by atoms with Gasteiger partial charge in [-0.25, -0.2) is 0 Å². The van der Waals surface area contributed by atoms with E-state index in [9.17, 15) is 4.79 Å². The van der Waals surface area contributed by atoms with E-state index in [0.29, 0.717) is 12.5 Å². The van der Waals surface area contributed by atoms with Gasteiger partial charge in [-0.3, -0.25) is 4.79 Å². The number of ether oxygens (including phenoxy) is 1. The minimum absolute atomic E-state index is 0.0162. The topological polar surface area (TPSA) is 26.3 Å². The van der Waals surface area contributed by atoms with Gasteiger partial charge in [-0.15, -0.1) is 0 Å². The lowest BCUT2D eigenvalue weighted by Gasteiger charge is -2.44. The van der Waals surface area contributed by atoms with Crippen LogP contribution in [0.15, 0.2) is 60.7 Å². The van der Waals surface area contributed by atoms with E-state index in [-0.39, 0.29) is 17.8 Å². The Morgan fingerprint density at radius 1 is 1.00 bits per heavy atom. The van der Waals surface area contributed by atoms with Crippen LogP contribution in [0.4, 0.5) is 0 Å². The average molecular weight is 280 g/mol. The zero-order chi connectivity index (χ0) is 14.7. The Morgan fingerprint density at radius 2 is 1.57 bits per heavy atom. The lowest BCUT2D eigenvalue weighted by molar-refractivity contribution is -0.152. The highest BCUT2D eigenvalue weighted by atomic mass is 16.5. The van der Waals surface area contributed by atoms with Crippen LogP contribution in [0, 0.1) is 5.92 Å². The second-order valence-electron chi connectivity index (χ2n) is 5.55. The van der Waals surface area contributed by atoms with Gasteiger partial charge >= 0.3 is 5.97 Å². The number of hydrogen-bond acceptors (Lipinski definition) is 2. The summed E-state index contributed by atoms with van der Waals surface area (Å²) in [5, 5.41) is 0. The van der Waals surface area contributed by atoms with E-state index in [0.717, 1.165) is 6.42 Å². The fourth-order valence-corrected chi connectivity index (χ4v) is 3.33. The number of benzene rings is 2. The van der Waals surface area contributed by atoms with Crippen molar-refractivity contribution in [3.8, 4) is 0 Å².